The van der Waals surface area contributed by atoms with Gasteiger partial charge < -0.3 is 14.4 Å². The van der Waals surface area contributed by atoms with Gasteiger partial charge in [0.15, 0.2) is 5.82 Å². The summed E-state index contributed by atoms with van der Waals surface area (Å²) in [4.78, 5) is 13.0. The Morgan fingerprint density at radius 1 is 1.26 bits per heavy atom. The highest BCUT2D eigenvalue weighted by Crippen LogP contribution is 2.39. The number of fused-ring (bicyclic) bond motifs is 1. The zero-order chi connectivity index (χ0) is 18.9. The first-order valence-electron chi connectivity index (χ1n) is 9.35. The number of rotatable bonds is 5. The van der Waals surface area contributed by atoms with E-state index in [9.17, 15) is 0 Å². The number of hydrogen-bond acceptors (Lipinski definition) is 6. The van der Waals surface area contributed by atoms with Gasteiger partial charge in [-0.25, -0.2) is 9.97 Å². The molecule has 0 N–H and O–H groups in total. The van der Waals surface area contributed by atoms with Gasteiger partial charge in [0.1, 0.15) is 17.3 Å². The molecule has 1 saturated heterocycles. The van der Waals surface area contributed by atoms with Gasteiger partial charge in [0.2, 0.25) is 0 Å². The van der Waals surface area contributed by atoms with Crippen LogP contribution in [0.4, 0.5) is 5.82 Å². The average Bonchev–Trinajstić information content (AvgIpc) is 3.12. The van der Waals surface area contributed by atoms with E-state index in [2.05, 4.69) is 48.4 Å². The van der Waals surface area contributed by atoms with E-state index in [-0.39, 0.29) is 5.60 Å². The molecule has 2 aromatic heterocycles. The standard InChI is InChI=1S/C21H25N3O2S/c1-4-21(2)14-24(10-11-26-21)19-18-16(15-8-6-5-7-9-15)13-27-20(18)23-17(22-19)12-25-3/h5-9,13H,4,10-12,14H2,1-3H3. The molecule has 0 saturated carbocycles. The van der Waals surface area contributed by atoms with E-state index < -0.39 is 0 Å². The first-order chi connectivity index (χ1) is 13.1. The number of morpholine rings is 1. The Morgan fingerprint density at radius 2 is 2.07 bits per heavy atom. The van der Waals surface area contributed by atoms with E-state index in [4.69, 9.17) is 19.4 Å². The second-order valence-electron chi connectivity index (χ2n) is 7.17. The lowest BCUT2D eigenvalue weighted by molar-refractivity contribution is -0.0442. The van der Waals surface area contributed by atoms with Gasteiger partial charge >= 0.3 is 0 Å². The quantitative estimate of drug-likeness (QED) is 0.649. The summed E-state index contributed by atoms with van der Waals surface area (Å²) < 4.78 is 11.4. The molecule has 27 heavy (non-hydrogen) atoms. The van der Waals surface area contributed by atoms with Crippen LogP contribution in [0.5, 0.6) is 0 Å². The highest BCUT2D eigenvalue weighted by Gasteiger charge is 2.32. The van der Waals surface area contributed by atoms with Crippen molar-refractivity contribution in [2.24, 2.45) is 0 Å². The van der Waals surface area contributed by atoms with Crippen LogP contribution < -0.4 is 4.90 Å². The summed E-state index contributed by atoms with van der Waals surface area (Å²) in [6.07, 6.45) is 0.970. The van der Waals surface area contributed by atoms with E-state index in [1.54, 1.807) is 18.4 Å². The van der Waals surface area contributed by atoms with Crippen LogP contribution in [-0.4, -0.2) is 42.4 Å². The maximum absolute atomic E-state index is 6.05. The minimum atomic E-state index is -0.153. The molecule has 3 heterocycles. The van der Waals surface area contributed by atoms with Gasteiger partial charge in [-0.3, -0.25) is 0 Å². The minimum absolute atomic E-state index is 0.153. The Bertz CT molecular complexity index is 928. The molecule has 6 heteroatoms. The smallest absolute Gasteiger partial charge is 0.158 e. The molecule has 3 aromatic rings. The van der Waals surface area contributed by atoms with Crippen molar-refractivity contribution in [2.45, 2.75) is 32.5 Å². The van der Waals surface area contributed by atoms with E-state index in [0.29, 0.717) is 13.2 Å². The van der Waals surface area contributed by atoms with Crippen molar-refractivity contribution in [3.05, 3.63) is 41.5 Å². The van der Waals surface area contributed by atoms with Crippen molar-refractivity contribution in [2.75, 3.05) is 31.7 Å². The second-order valence-corrected chi connectivity index (χ2v) is 8.02. The summed E-state index contributed by atoms with van der Waals surface area (Å²) in [7, 11) is 1.68. The van der Waals surface area contributed by atoms with Crippen LogP contribution >= 0.6 is 11.3 Å². The minimum Gasteiger partial charge on any atom is -0.377 e. The Labute approximate surface area is 164 Å². The van der Waals surface area contributed by atoms with E-state index in [0.717, 1.165) is 41.4 Å². The maximum Gasteiger partial charge on any atom is 0.158 e. The number of hydrogen-bond donors (Lipinski definition) is 0. The normalized spacial score (nSPS) is 20.3. The molecule has 1 aromatic carbocycles. The van der Waals surface area contributed by atoms with Crippen LogP contribution in [0.25, 0.3) is 21.3 Å². The van der Waals surface area contributed by atoms with Crippen LogP contribution in [-0.2, 0) is 16.1 Å². The first-order valence-corrected chi connectivity index (χ1v) is 10.2. The molecule has 0 radical (unpaired) electrons. The van der Waals surface area contributed by atoms with Crippen molar-refractivity contribution < 1.29 is 9.47 Å². The zero-order valence-electron chi connectivity index (χ0n) is 16.1. The molecule has 1 fully saturated rings. The fraction of sp³-hybridized carbons (Fsp3) is 0.429. The van der Waals surface area contributed by atoms with Crippen LogP contribution in [0.1, 0.15) is 26.1 Å². The molecular formula is C21H25N3O2S. The third-order valence-corrected chi connectivity index (χ3v) is 6.08. The van der Waals surface area contributed by atoms with Crippen molar-refractivity contribution in [1.29, 1.82) is 0 Å². The predicted molar refractivity (Wildman–Crippen MR) is 110 cm³/mol. The van der Waals surface area contributed by atoms with Gasteiger partial charge in [-0.05, 0) is 18.9 Å². The average molecular weight is 384 g/mol. The predicted octanol–water partition coefficient (Wildman–Crippen LogP) is 4.51. The summed E-state index contributed by atoms with van der Waals surface area (Å²) in [6, 6.07) is 10.5. The van der Waals surface area contributed by atoms with E-state index >= 15 is 0 Å². The number of ether oxygens (including phenoxy) is 2. The lowest BCUT2D eigenvalue weighted by Gasteiger charge is -2.41. The Hall–Kier alpha value is -2.02. The van der Waals surface area contributed by atoms with Gasteiger partial charge in [0.05, 0.1) is 17.6 Å². The number of nitrogens with zero attached hydrogens (tertiary/aromatic N) is 3. The molecule has 1 atom stereocenters. The number of methoxy groups -OCH3 is 1. The van der Waals surface area contributed by atoms with Crippen molar-refractivity contribution in [1.82, 2.24) is 9.97 Å². The number of thiophene rings is 1. The molecule has 0 aliphatic carbocycles. The third kappa shape index (κ3) is 3.57. The fourth-order valence-corrected chi connectivity index (χ4v) is 4.50. The van der Waals surface area contributed by atoms with E-state index in [1.165, 1.54) is 11.1 Å². The van der Waals surface area contributed by atoms with Crippen molar-refractivity contribution >= 4 is 27.4 Å². The SMILES string of the molecule is CCC1(C)CN(c2nc(COC)nc3scc(-c4ccccc4)c23)CCO1. The summed E-state index contributed by atoms with van der Waals surface area (Å²) in [5, 5.41) is 3.32. The lowest BCUT2D eigenvalue weighted by Crippen LogP contribution is -2.50. The van der Waals surface area contributed by atoms with Gasteiger partial charge in [-0.1, -0.05) is 37.3 Å². The van der Waals surface area contributed by atoms with Crippen LogP contribution in [0.15, 0.2) is 35.7 Å². The Kier molecular flexibility index (Phi) is 5.12. The highest BCUT2D eigenvalue weighted by atomic mass is 32.1. The fourth-order valence-electron chi connectivity index (χ4n) is 3.54. The molecule has 4 rings (SSSR count). The van der Waals surface area contributed by atoms with Crippen LogP contribution in [0.3, 0.4) is 0 Å². The van der Waals surface area contributed by atoms with Crippen molar-refractivity contribution in [3.8, 4) is 11.1 Å². The number of benzene rings is 1. The van der Waals surface area contributed by atoms with Crippen LogP contribution in [0.2, 0.25) is 0 Å². The topological polar surface area (TPSA) is 47.5 Å². The highest BCUT2D eigenvalue weighted by molar-refractivity contribution is 7.17. The van der Waals surface area contributed by atoms with Gasteiger partial charge in [0.25, 0.3) is 0 Å². The van der Waals surface area contributed by atoms with Gasteiger partial charge in [-0.15, -0.1) is 11.3 Å². The van der Waals surface area contributed by atoms with E-state index in [1.807, 2.05) is 6.07 Å². The molecular weight excluding hydrogens is 358 g/mol. The molecule has 0 spiro atoms. The Morgan fingerprint density at radius 3 is 2.81 bits per heavy atom. The second kappa shape index (κ2) is 7.54. The lowest BCUT2D eigenvalue weighted by atomic mass is 10.00. The molecule has 1 aliphatic rings. The summed E-state index contributed by atoms with van der Waals surface area (Å²) in [5.74, 6) is 1.72. The molecule has 142 valence electrons. The zero-order valence-corrected chi connectivity index (χ0v) is 16.9. The number of anilines is 1. The van der Waals surface area contributed by atoms with Gasteiger partial charge in [-0.2, -0.15) is 0 Å². The first kappa shape index (κ1) is 18.3. The molecule has 5 nitrogen and oxygen atoms in total. The maximum atomic E-state index is 6.05. The third-order valence-electron chi connectivity index (χ3n) is 5.20. The molecule has 1 unspecified atom stereocenters. The molecule has 0 bridgehead atoms. The summed E-state index contributed by atoms with van der Waals surface area (Å²) in [6.45, 7) is 7.14. The van der Waals surface area contributed by atoms with Gasteiger partial charge in [0, 0.05) is 31.1 Å². The summed E-state index contributed by atoms with van der Waals surface area (Å²) >= 11 is 1.67. The van der Waals surface area contributed by atoms with Crippen molar-refractivity contribution in [3.63, 3.8) is 0 Å². The molecule has 1 aliphatic heterocycles. The molecule has 0 amide bonds. The largest absolute Gasteiger partial charge is 0.377 e. The van der Waals surface area contributed by atoms with Crippen LogP contribution in [0, 0.1) is 0 Å². The summed E-state index contributed by atoms with van der Waals surface area (Å²) in [5.41, 5.74) is 2.23. The number of aromatic nitrogens is 2. The monoisotopic (exact) mass is 383 g/mol. The Balaban J connectivity index is 1.87.